The highest BCUT2D eigenvalue weighted by Gasteiger charge is 2.23. The summed E-state index contributed by atoms with van der Waals surface area (Å²) in [7, 11) is 0. The predicted octanol–water partition coefficient (Wildman–Crippen LogP) is 4.51. The predicted molar refractivity (Wildman–Crippen MR) is 98.9 cm³/mol. The van der Waals surface area contributed by atoms with Crippen LogP contribution in [0, 0.1) is 0 Å². The molecule has 1 aliphatic heterocycles. The summed E-state index contributed by atoms with van der Waals surface area (Å²) >= 11 is 0. The molecule has 3 rings (SSSR count). The fourth-order valence-electron chi connectivity index (χ4n) is 3.42. The summed E-state index contributed by atoms with van der Waals surface area (Å²) in [6, 6.07) is 8.89. The lowest BCUT2D eigenvalue weighted by molar-refractivity contribution is 0.442. The van der Waals surface area contributed by atoms with Crippen LogP contribution in [0.1, 0.15) is 57.9 Å². The Bertz CT molecular complexity index is 670. The third-order valence-corrected chi connectivity index (χ3v) is 4.75. The Hall–Kier alpha value is -2.17. The Morgan fingerprint density at radius 2 is 2.08 bits per heavy atom. The topological polar surface area (TPSA) is 53.9 Å². The molecule has 1 aromatic heterocycles. The van der Waals surface area contributed by atoms with E-state index in [4.69, 9.17) is 4.98 Å². The van der Waals surface area contributed by atoms with Gasteiger partial charge in [0.05, 0.1) is 6.20 Å². The van der Waals surface area contributed by atoms with Crippen LogP contribution < -0.4 is 10.2 Å². The summed E-state index contributed by atoms with van der Waals surface area (Å²) in [5, 5.41) is 11.9. The summed E-state index contributed by atoms with van der Waals surface area (Å²) in [6.07, 6.45) is 6.53. The summed E-state index contributed by atoms with van der Waals surface area (Å²) in [6.45, 7) is 7.65. The Morgan fingerprint density at radius 3 is 2.88 bits per heavy atom. The van der Waals surface area contributed by atoms with Crippen LogP contribution in [-0.4, -0.2) is 27.8 Å². The van der Waals surface area contributed by atoms with Gasteiger partial charge in [0, 0.05) is 18.3 Å². The fourth-order valence-corrected chi connectivity index (χ4v) is 3.42. The SMILES string of the molecule is CCC1CCCCN1c1nncc(Nc2ccccc2C(C)C)n1. The molecular formula is C19H27N5. The minimum atomic E-state index is 0.453. The number of benzene rings is 1. The van der Waals surface area contributed by atoms with Crippen LogP contribution in [0.5, 0.6) is 0 Å². The molecule has 1 fully saturated rings. The van der Waals surface area contributed by atoms with Crippen molar-refractivity contribution in [3.63, 3.8) is 0 Å². The van der Waals surface area contributed by atoms with Gasteiger partial charge in [-0.2, -0.15) is 10.1 Å². The second kappa shape index (κ2) is 7.60. The molecule has 0 aliphatic carbocycles. The van der Waals surface area contributed by atoms with Gasteiger partial charge in [-0.1, -0.05) is 39.0 Å². The minimum Gasteiger partial charge on any atom is -0.339 e. The van der Waals surface area contributed by atoms with Crippen molar-refractivity contribution in [2.24, 2.45) is 0 Å². The summed E-state index contributed by atoms with van der Waals surface area (Å²) in [4.78, 5) is 7.05. The van der Waals surface area contributed by atoms with Crippen molar-refractivity contribution in [3.8, 4) is 0 Å². The first-order valence-electron chi connectivity index (χ1n) is 9.01. The van der Waals surface area contributed by atoms with Crippen molar-refractivity contribution >= 4 is 17.5 Å². The van der Waals surface area contributed by atoms with Crippen molar-refractivity contribution in [2.75, 3.05) is 16.8 Å². The third kappa shape index (κ3) is 3.66. The van der Waals surface area contributed by atoms with E-state index in [0.717, 1.165) is 30.4 Å². The van der Waals surface area contributed by atoms with Gasteiger partial charge in [-0.25, -0.2) is 0 Å². The highest BCUT2D eigenvalue weighted by Crippen LogP contribution is 2.27. The van der Waals surface area contributed by atoms with E-state index in [1.807, 2.05) is 6.07 Å². The highest BCUT2D eigenvalue weighted by molar-refractivity contribution is 5.61. The van der Waals surface area contributed by atoms with Crippen LogP contribution in [0.25, 0.3) is 0 Å². The molecule has 2 heterocycles. The fraction of sp³-hybridized carbons (Fsp3) is 0.526. The van der Waals surface area contributed by atoms with Gasteiger partial charge in [0.2, 0.25) is 5.95 Å². The van der Waals surface area contributed by atoms with Crippen molar-refractivity contribution in [1.29, 1.82) is 0 Å². The average molecular weight is 325 g/mol. The van der Waals surface area contributed by atoms with Crippen LogP contribution in [0.3, 0.4) is 0 Å². The zero-order chi connectivity index (χ0) is 16.9. The maximum absolute atomic E-state index is 4.73. The van der Waals surface area contributed by atoms with Gasteiger partial charge < -0.3 is 10.2 Å². The molecule has 0 spiro atoms. The van der Waals surface area contributed by atoms with Gasteiger partial charge in [0.25, 0.3) is 0 Å². The van der Waals surface area contributed by atoms with E-state index in [0.29, 0.717) is 12.0 Å². The zero-order valence-corrected chi connectivity index (χ0v) is 14.9. The van der Waals surface area contributed by atoms with E-state index in [2.05, 4.69) is 59.4 Å². The summed E-state index contributed by atoms with van der Waals surface area (Å²) in [5.74, 6) is 1.96. The molecule has 0 radical (unpaired) electrons. The number of anilines is 3. The molecule has 5 heteroatoms. The molecule has 1 unspecified atom stereocenters. The second-order valence-electron chi connectivity index (χ2n) is 6.76. The smallest absolute Gasteiger partial charge is 0.247 e. The molecule has 128 valence electrons. The molecule has 1 aliphatic rings. The van der Waals surface area contributed by atoms with Crippen LogP contribution in [-0.2, 0) is 0 Å². The number of para-hydroxylation sites is 1. The maximum Gasteiger partial charge on any atom is 0.247 e. The molecular weight excluding hydrogens is 298 g/mol. The second-order valence-corrected chi connectivity index (χ2v) is 6.76. The first-order valence-corrected chi connectivity index (χ1v) is 9.01. The van der Waals surface area contributed by atoms with Crippen molar-refractivity contribution in [3.05, 3.63) is 36.0 Å². The Morgan fingerprint density at radius 1 is 1.25 bits per heavy atom. The monoisotopic (exact) mass is 325 g/mol. The molecule has 1 N–H and O–H groups in total. The normalized spacial score (nSPS) is 18.0. The standard InChI is InChI=1S/C19H27N5/c1-4-15-9-7-8-12-24(15)19-22-18(13-20-23-19)21-17-11-6-5-10-16(17)14(2)3/h5-6,10-11,13-15H,4,7-9,12H2,1-3H3,(H,21,22,23). The molecule has 1 atom stereocenters. The zero-order valence-electron chi connectivity index (χ0n) is 14.9. The van der Waals surface area contributed by atoms with Gasteiger partial charge in [-0.3, -0.25) is 0 Å². The molecule has 0 amide bonds. The molecule has 1 saturated heterocycles. The number of piperidine rings is 1. The lowest BCUT2D eigenvalue weighted by Crippen LogP contribution is -2.40. The number of rotatable bonds is 5. The van der Waals surface area contributed by atoms with E-state index in [9.17, 15) is 0 Å². The summed E-state index contributed by atoms with van der Waals surface area (Å²) in [5.41, 5.74) is 2.37. The molecule has 1 aromatic carbocycles. The molecule has 0 bridgehead atoms. The van der Waals surface area contributed by atoms with Crippen LogP contribution >= 0.6 is 0 Å². The van der Waals surface area contributed by atoms with Gasteiger partial charge in [-0.15, -0.1) is 5.10 Å². The third-order valence-electron chi connectivity index (χ3n) is 4.75. The quantitative estimate of drug-likeness (QED) is 0.876. The maximum atomic E-state index is 4.73. The molecule has 5 nitrogen and oxygen atoms in total. The van der Waals surface area contributed by atoms with Crippen molar-refractivity contribution in [2.45, 2.75) is 58.4 Å². The summed E-state index contributed by atoms with van der Waals surface area (Å²) < 4.78 is 0. The molecule has 24 heavy (non-hydrogen) atoms. The number of nitrogens with one attached hydrogen (secondary N) is 1. The number of hydrogen-bond donors (Lipinski definition) is 1. The van der Waals surface area contributed by atoms with Gasteiger partial charge in [0.1, 0.15) is 0 Å². The van der Waals surface area contributed by atoms with Crippen molar-refractivity contribution in [1.82, 2.24) is 15.2 Å². The van der Waals surface area contributed by atoms with E-state index < -0.39 is 0 Å². The van der Waals surface area contributed by atoms with Crippen LogP contribution in [0.2, 0.25) is 0 Å². The molecule has 0 saturated carbocycles. The van der Waals surface area contributed by atoms with E-state index in [1.54, 1.807) is 6.20 Å². The Kier molecular flexibility index (Phi) is 5.28. The van der Waals surface area contributed by atoms with E-state index in [1.165, 1.54) is 24.8 Å². The number of hydrogen-bond acceptors (Lipinski definition) is 5. The van der Waals surface area contributed by atoms with Crippen molar-refractivity contribution < 1.29 is 0 Å². The first-order chi connectivity index (χ1) is 11.7. The number of nitrogens with zero attached hydrogens (tertiary/aromatic N) is 4. The largest absolute Gasteiger partial charge is 0.339 e. The van der Waals surface area contributed by atoms with E-state index >= 15 is 0 Å². The number of aromatic nitrogens is 3. The first kappa shape index (κ1) is 16.7. The lowest BCUT2D eigenvalue weighted by atomic mass is 10.0. The van der Waals surface area contributed by atoms with E-state index in [-0.39, 0.29) is 0 Å². The minimum absolute atomic E-state index is 0.453. The Labute approximate surface area is 144 Å². The van der Waals surface area contributed by atoms with Crippen LogP contribution in [0.15, 0.2) is 30.5 Å². The highest BCUT2D eigenvalue weighted by atomic mass is 15.3. The average Bonchev–Trinajstić information content (AvgIpc) is 2.62. The van der Waals surface area contributed by atoms with Gasteiger partial charge in [-0.05, 0) is 43.2 Å². The Balaban J connectivity index is 1.83. The molecule has 2 aromatic rings. The van der Waals surface area contributed by atoms with Crippen LogP contribution in [0.4, 0.5) is 17.5 Å². The van der Waals surface area contributed by atoms with Gasteiger partial charge in [0.15, 0.2) is 5.82 Å². The lowest BCUT2D eigenvalue weighted by Gasteiger charge is -2.34. The van der Waals surface area contributed by atoms with Gasteiger partial charge >= 0.3 is 0 Å².